The van der Waals surface area contributed by atoms with Crippen molar-refractivity contribution in [3.63, 3.8) is 0 Å². The molecule has 1 aliphatic carbocycles. The minimum atomic E-state index is 0.271. The summed E-state index contributed by atoms with van der Waals surface area (Å²) in [7, 11) is 0. The molecule has 4 aromatic rings. The molecule has 0 aliphatic heterocycles. The maximum atomic E-state index is 4.77. The van der Waals surface area contributed by atoms with Crippen LogP contribution in [0.25, 0.3) is 11.1 Å². The zero-order chi connectivity index (χ0) is 21.1. The molecule has 154 valence electrons. The molecule has 1 aromatic heterocycles. The molecule has 31 heavy (non-hydrogen) atoms. The van der Waals surface area contributed by atoms with Crippen LogP contribution >= 0.6 is 11.3 Å². The van der Waals surface area contributed by atoms with Crippen molar-refractivity contribution in [3.8, 4) is 11.1 Å². The second-order valence-electron chi connectivity index (χ2n) is 8.47. The summed E-state index contributed by atoms with van der Waals surface area (Å²) in [4.78, 5) is 4.77. The number of hydrogen-bond donors (Lipinski definition) is 1. The molecule has 1 heterocycles. The summed E-state index contributed by atoms with van der Waals surface area (Å²) in [5.74, 6) is 0.534. The number of rotatable bonds is 6. The topological polar surface area (TPSA) is 37.3 Å². The van der Waals surface area contributed by atoms with E-state index in [1.165, 1.54) is 22.4 Å². The van der Waals surface area contributed by atoms with E-state index >= 15 is 0 Å². The SMILES string of the molecule is CC1(c2ccccc2)CC(c2csc(N/N=C/c3ccc(-c4ccccc4)cc3)n2)C1. The Labute approximate surface area is 187 Å². The third-order valence-corrected chi connectivity index (χ3v) is 6.96. The van der Waals surface area contributed by atoms with E-state index in [0.29, 0.717) is 5.92 Å². The molecule has 0 bridgehead atoms. The molecule has 3 nitrogen and oxygen atoms in total. The van der Waals surface area contributed by atoms with Gasteiger partial charge in [0, 0.05) is 11.3 Å². The molecule has 1 saturated carbocycles. The van der Waals surface area contributed by atoms with Crippen LogP contribution in [0.5, 0.6) is 0 Å². The highest BCUT2D eigenvalue weighted by Gasteiger charge is 2.42. The van der Waals surface area contributed by atoms with Crippen molar-refractivity contribution in [1.82, 2.24) is 4.98 Å². The summed E-state index contributed by atoms with van der Waals surface area (Å²) in [5, 5.41) is 7.40. The molecular weight excluding hydrogens is 398 g/mol. The van der Waals surface area contributed by atoms with Crippen LogP contribution in [0.1, 0.15) is 42.5 Å². The van der Waals surface area contributed by atoms with Crippen LogP contribution in [0.4, 0.5) is 5.13 Å². The maximum absolute atomic E-state index is 4.77. The molecule has 0 amide bonds. The Hall–Kier alpha value is -3.24. The number of nitrogens with one attached hydrogen (secondary N) is 1. The first-order valence-electron chi connectivity index (χ1n) is 10.7. The van der Waals surface area contributed by atoms with E-state index < -0.39 is 0 Å². The largest absolute Gasteiger partial charge is 0.253 e. The predicted octanol–water partition coefficient (Wildman–Crippen LogP) is 7.09. The number of nitrogens with zero attached hydrogens (tertiary/aromatic N) is 2. The number of thiazole rings is 1. The van der Waals surface area contributed by atoms with Crippen LogP contribution in [0.15, 0.2) is 95.4 Å². The monoisotopic (exact) mass is 423 g/mol. The zero-order valence-corrected chi connectivity index (χ0v) is 18.3. The van der Waals surface area contributed by atoms with Crippen LogP contribution in [0.2, 0.25) is 0 Å². The molecule has 0 saturated heterocycles. The number of hydrogen-bond acceptors (Lipinski definition) is 4. The molecule has 3 aromatic carbocycles. The van der Waals surface area contributed by atoms with Gasteiger partial charge in [-0.25, -0.2) is 4.98 Å². The first-order valence-corrected chi connectivity index (χ1v) is 11.5. The summed E-state index contributed by atoms with van der Waals surface area (Å²) in [6.45, 7) is 2.36. The summed E-state index contributed by atoms with van der Waals surface area (Å²) in [6, 6.07) is 29.6. The van der Waals surface area contributed by atoms with Crippen molar-refractivity contribution < 1.29 is 0 Å². The first kappa shape index (κ1) is 19.7. The average Bonchev–Trinajstić information content (AvgIpc) is 3.27. The van der Waals surface area contributed by atoms with Crippen molar-refractivity contribution >= 4 is 22.7 Å². The molecule has 0 radical (unpaired) electrons. The van der Waals surface area contributed by atoms with E-state index in [0.717, 1.165) is 23.5 Å². The molecule has 0 unspecified atom stereocenters. The van der Waals surface area contributed by atoms with E-state index in [4.69, 9.17) is 4.98 Å². The van der Waals surface area contributed by atoms with Crippen molar-refractivity contribution in [3.05, 3.63) is 107 Å². The summed E-state index contributed by atoms with van der Waals surface area (Å²) >= 11 is 1.62. The van der Waals surface area contributed by atoms with E-state index in [-0.39, 0.29) is 5.41 Å². The zero-order valence-electron chi connectivity index (χ0n) is 17.5. The number of aromatic nitrogens is 1. The predicted molar refractivity (Wildman–Crippen MR) is 131 cm³/mol. The molecular formula is C27H25N3S. The van der Waals surface area contributed by atoms with Crippen molar-refractivity contribution in [2.45, 2.75) is 31.1 Å². The Balaban J connectivity index is 1.17. The lowest BCUT2D eigenvalue weighted by molar-refractivity contribution is 0.222. The van der Waals surface area contributed by atoms with Crippen molar-refractivity contribution in [1.29, 1.82) is 0 Å². The third-order valence-electron chi connectivity index (χ3n) is 6.20. The van der Waals surface area contributed by atoms with Crippen LogP contribution < -0.4 is 5.43 Å². The second-order valence-corrected chi connectivity index (χ2v) is 9.33. The lowest BCUT2D eigenvalue weighted by Gasteiger charge is -2.45. The highest BCUT2D eigenvalue weighted by atomic mass is 32.1. The van der Waals surface area contributed by atoms with E-state index in [9.17, 15) is 0 Å². The quantitative estimate of drug-likeness (QED) is 0.265. The summed E-state index contributed by atoms with van der Waals surface area (Å²) in [5.41, 5.74) is 9.46. The molecule has 1 fully saturated rings. The average molecular weight is 424 g/mol. The van der Waals surface area contributed by atoms with Crippen LogP contribution in [0, 0.1) is 0 Å². The first-order chi connectivity index (χ1) is 15.2. The number of hydrazone groups is 1. The second kappa shape index (κ2) is 8.48. The number of anilines is 1. The standard InChI is InChI=1S/C27H25N3S/c1-27(24-10-6-3-7-11-24)16-23(17-27)25-19-31-26(29-25)30-28-18-20-12-14-22(15-13-20)21-8-4-2-5-9-21/h2-15,18-19,23H,16-17H2,1H3,(H,29,30)/b28-18+. The maximum Gasteiger partial charge on any atom is 0.203 e. The fraction of sp³-hybridized carbons (Fsp3) is 0.185. The Bertz CT molecular complexity index is 1160. The minimum absolute atomic E-state index is 0.271. The highest BCUT2D eigenvalue weighted by Crippen LogP contribution is 2.52. The normalized spacial score (nSPS) is 20.5. The van der Waals surface area contributed by atoms with Crippen molar-refractivity contribution in [2.24, 2.45) is 5.10 Å². The van der Waals surface area contributed by atoms with Gasteiger partial charge in [0.25, 0.3) is 0 Å². The summed E-state index contributed by atoms with van der Waals surface area (Å²) in [6.07, 6.45) is 4.14. The smallest absolute Gasteiger partial charge is 0.203 e. The van der Waals surface area contributed by atoms with Gasteiger partial charge < -0.3 is 0 Å². The fourth-order valence-corrected chi connectivity index (χ4v) is 5.13. The third kappa shape index (κ3) is 4.30. The van der Waals surface area contributed by atoms with Gasteiger partial charge >= 0.3 is 0 Å². The van der Waals surface area contributed by atoms with Gasteiger partial charge in [0.2, 0.25) is 5.13 Å². The minimum Gasteiger partial charge on any atom is -0.253 e. The Morgan fingerprint density at radius 3 is 2.26 bits per heavy atom. The Kier molecular flexibility index (Phi) is 5.39. The van der Waals surface area contributed by atoms with E-state index in [1.54, 1.807) is 11.3 Å². The fourth-order valence-electron chi connectivity index (χ4n) is 4.39. The molecule has 1 aliphatic rings. The molecule has 0 spiro atoms. The van der Waals surface area contributed by atoms with E-state index in [1.807, 2.05) is 12.3 Å². The van der Waals surface area contributed by atoms with Gasteiger partial charge in [0.1, 0.15) is 0 Å². The molecule has 1 N–H and O–H groups in total. The van der Waals surface area contributed by atoms with Gasteiger partial charge in [-0.2, -0.15) is 5.10 Å². The Morgan fingerprint density at radius 1 is 0.903 bits per heavy atom. The molecule has 4 heteroatoms. The molecule has 0 atom stereocenters. The van der Waals surface area contributed by atoms with Gasteiger partial charge in [-0.3, -0.25) is 5.43 Å². The van der Waals surface area contributed by atoms with Gasteiger partial charge in [0.15, 0.2) is 0 Å². The van der Waals surface area contributed by atoms with Crippen molar-refractivity contribution in [2.75, 3.05) is 5.43 Å². The van der Waals surface area contributed by atoms with Crippen LogP contribution in [-0.4, -0.2) is 11.2 Å². The van der Waals surface area contributed by atoms with Gasteiger partial charge in [-0.05, 0) is 40.5 Å². The van der Waals surface area contributed by atoms with E-state index in [2.05, 4.69) is 102 Å². The summed E-state index contributed by atoms with van der Waals surface area (Å²) < 4.78 is 0. The van der Waals surface area contributed by atoms with Gasteiger partial charge in [-0.15, -0.1) is 11.3 Å². The highest BCUT2D eigenvalue weighted by molar-refractivity contribution is 7.13. The number of benzene rings is 3. The van der Waals surface area contributed by atoms with Crippen LogP contribution in [-0.2, 0) is 5.41 Å². The van der Waals surface area contributed by atoms with Gasteiger partial charge in [0.05, 0.1) is 11.9 Å². The van der Waals surface area contributed by atoms with Gasteiger partial charge in [-0.1, -0.05) is 91.9 Å². The molecule has 5 rings (SSSR count). The Morgan fingerprint density at radius 2 is 1.55 bits per heavy atom. The van der Waals surface area contributed by atoms with Crippen LogP contribution in [0.3, 0.4) is 0 Å². The lowest BCUT2D eigenvalue weighted by Crippen LogP contribution is -2.37. The lowest BCUT2D eigenvalue weighted by atomic mass is 9.59.